The predicted octanol–water partition coefficient (Wildman–Crippen LogP) is 2.90. The number of Topliss-reactive ketones (excluding diaryl/α,β-unsaturated/α-hetero) is 1. The van der Waals surface area contributed by atoms with Gasteiger partial charge in [0.25, 0.3) is 5.91 Å². The number of aromatic nitrogens is 1. The molecule has 1 amide bonds. The number of anilines is 1. The van der Waals surface area contributed by atoms with Gasteiger partial charge in [0.2, 0.25) is 0 Å². The highest BCUT2D eigenvalue weighted by atomic mass is 35.5. The summed E-state index contributed by atoms with van der Waals surface area (Å²) in [6, 6.07) is 5.91. The first-order valence-electron chi connectivity index (χ1n) is 5.73. The van der Waals surface area contributed by atoms with Crippen molar-refractivity contribution in [3.63, 3.8) is 0 Å². The summed E-state index contributed by atoms with van der Waals surface area (Å²) < 4.78 is 0. The normalized spacial score (nSPS) is 10.1. The summed E-state index contributed by atoms with van der Waals surface area (Å²) >= 11 is 5.95. The molecule has 0 aliphatic carbocycles. The van der Waals surface area contributed by atoms with E-state index in [2.05, 4.69) is 10.3 Å². The van der Waals surface area contributed by atoms with Crippen LogP contribution in [-0.4, -0.2) is 21.8 Å². The monoisotopic (exact) mass is 290 g/mol. The minimum Gasteiger partial charge on any atom is -0.506 e. The summed E-state index contributed by atoms with van der Waals surface area (Å²) in [5.74, 6) is -0.673. The van der Waals surface area contributed by atoms with Crippen LogP contribution in [0.3, 0.4) is 0 Å². The highest BCUT2D eigenvalue weighted by molar-refractivity contribution is 6.34. The number of nitrogens with zero attached hydrogens (tertiary/aromatic N) is 1. The van der Waals surface area contributed by atoms with Crippen LogP contribution in [0, 0.1) is 0 Å². The number of amides is 1. The van der Waals surface area contributed by atoms with Gasteiger partial charge in [-0.3, -0.25) is 14.6 Å². The second kappa shape index (κ2) is 5.71. The fourth-order valence-electron chi connectivity index (χ4n) is 1.63. The molecule has 0 fully saturated rings. The molecule has 0 radical (unpaired) electrons. The Balaban J connectivity index is 2.20. The summed E-state index contributed by atoms with van der Waals surface area (Å²) in [4.78, 5) is 26.9. The van der Waals surface area contributed by atoms with Gasteiger partial charge in [-0.1, -0.05) is 11.6 Å². The molecule has 2 N–H and O–H groups in total. The maximum absolute atomic E-state index is 11.9. The summed E-state index contributed by atoms with van der Waals surface area (Å²) in [6.07, 6.45) is 2.57. The lowest BCUT2D eigenvalue weighted by atomic mass is 10.1. The maximum atomic E-state index is 11.9. The first-order valence-corrected chi connectivity index (χ1v) is 6.11. The van der Waals surface area contributed by atoms with Gasteiger partial charge in [0.05, 0.1) is 16.8 Å². The molecule has 6 heteroatoms. The van der Waals surface area contributed by atoms with Gasteiger partial charge in [0, 0.05) is 17.4 Å². The van der Waals surface area contributed by atoms with Crippen LogP contribution in [0.2, 0.25) is 5.02 Å². The number of pyridine rings is 1. The van der Waals surface area contributed by atoms with Gasteiger partial charge in [0.1, 0.15) is 5.75 Å². The van der Waals surface area contributed by atoms with E-state index < -0.39 is 5.91 Å². The molecule has 0 unspecified atom stereocenters. The molecule has 1 heterocycles. The molecule has 0 spiro atoms. The lowest BCUT2D eigenvalue weighted by Gasteiger charge is -2.07. The van der Waals surface area contributed by atoms with E-state index in [1.54, 1.807) is 12.1 Å². The fraction of sp³-hybridized carbons (Fsp3) is 0.0714. The third kappa shape index (κ3) is 3.13. The highest BCUT2D eigenvalue weighted by Crippen LogP contribution is 2.22. The van der Waals surface area contributed by atoms with E-state index in [-0.39, 0.29) is 22.1 Å². The van der Waals surface area contributed by atoms with Crippen LogP contribution in [-0.2, 0) is 0 Å². The van der Waals surface area contributed by atoms with Gasteiger partial charge in [-0.05, 0) is 31.2 Å². The molecule has 0 aliphatic heterocycles. The van der Waals surface area contributed by atoms with Crippen molar-refractivity contribution in [2.75, 3.05) is 5.32 Å². The van der Waals surface area contributed by atoms with Gasteiger partial charge in [-0.2, -0.15) is 0 Å². The molecular weight excluding hydrogens is 280 g/mol. The van der Waals surface area contributed by atoms with Crippen molar-refractivity contribution in [1.82, 2.24) is 4.98 Å². The van der Waals surface area contributed by atoms with Crippen LogP contribution < -0.4 is 5.32 Å². The minimum atomic E-state index is -0.431. The lowest BCUT2D eigenvalue weighted by molar-refractivity contribution is 0.101. The predicted molar refractivity (Wildman–Crippen MR) is 75.3 cm³/mol. The number of rotatable bonds is 3. The zero-order valence-electron chi connectivity index (χ0n) is 10.6. The number of aromatic hydroxyl groups is 1. The molecular formula is C14H11ClN2O3. The molecule has 0 bridgehead atoms. The average molecular weight is 291 g/mol. The third-order valence-electron chi connectivity index (χ3n) is 2.59. The van der Waals surface area contributed by atoms with Crippen LogP contribution >= 0.6 is 11.6 Å². The number of hydrogen-bond donors (Lipinski definition) is 2. The summed E-state index contributed by atoms with van der Waals surface area (Å²) in [6.45, 7) is 1.41. The highest BCUT2D eigenvalue weighted by Gasteiger charge is 2.10. The number of carbonyl (C=O) groups is 2. The summed E-state index contributed by atoms with van der Waals surface area (Å²) in [5, 5.41) is 12.1. The van der Waals surface area contributed by atoms with Crippen LogP contribution in [0.5, 0.6) is 5.75 Å². The first-order chi connectivity index (χ1) is 9.47. The Labute approximate surface area is 120 Å². The number of benzene rings is 1. The minimum absolute atomic E-state index is 0.0948. The van der Waals surface area contributed by atoms with Crippen molar-refractivity contribution in [1.29, 1.82) is 0 Å². The second-order valence-corrected chi connectivity index (χ2v) is 4.54. The topological polar surface area (TPSA) is 79.3 Å². The molecule has 1 aromatic carbocycles. The van der Waals surface area contributed by atoms with Crippen LogP contribution in [0.25, 0.3) is 0 Å². The number of nitrogens with one attached hydrogen (secondary N) is 1. The van der Waals surface area contributed by atoms with Crippen LogP contribution in [0.15, 0.2) is 36.7 Å². The van der Waals surface area contributed by atoms with E-state index >= 15 is 0 Å². The van der Waals surface area contributed by atoms with Crippen LogP contribution in [0.4, 0.5) is 5.69 Å². The Morgan fingerprint density at radius 2 is 2.00 bits per heavy atom. The molecule has 0 aliphatic rings. The number of hydrogen-bond acceptors (Lipinski definition) is 4. The smallest absolute Gasteiger partial charge is 0.257 e. The van der Waals surface area contributed by atoms with E-state index in [4.69, 9.17) is 11.6 Å². The second-order valence-electron chi connectivity index (χ2n) is 4.14. The molecule has 0 saturated heterocycles. The Morgan fingerprint density at radius 1 is 1.25 bits per heavy atom. The van der Waals surface area contributed by atoms with E-state index in [0.717, 1.165) is 0 Å². The van der Waals surface area contributed by atoms with Crippen molar-refractivity contribution in [2.45, 2.75) is 6.92 Å². The maximum Gasteiger partial charge on any atom is 0.257 e. The first kappa shape index (κ1) is 14.0. The largest absolute Gasteiger partial charge is 0.506 e. The molecule has 1 aromatic heterocycles. The fourth-order valence-corrected chi connectivity index (χ4v) is 1.95. The molecule has 0 atom stereocenters. The molecule has 102 valence electrons. The van der Waals surface area contributed by atoms with Crippen molar-refractivity contribution in [3.8, 4) is 5.75 Å². The third-order valence-corrected chi connectivity index (χ3v) is 2.90. The van der Waals surface area contributed by atoms with Crippen molar-refractivity contribution in [2.24, 2.45) is 0 Å². The summed E-state index contributed by atoms with van der Waals surface area (Å²) in [5.41, 5.74) is 1.06. The van der Waals surface area contributed by atoms with Crippen molar-refractivity contribution < 1.29 is 14.7 Å². The van der Waals surface area contributed by atoms with E-state index in [0.29, 0.717) is 11.3 Å². The van der Waals surface area contributed by atoms with Crippen molar-refractivity contribution in [3.05, 3.63) is 52.8 Å². The Hall–Kier alpha value is -2.40. The van der Waals surface area contributed by atoms with Crippen molar-refractivity contribution >= 4 is 29.0 Å². The van der Waals surface area contributed by atoms with E-state index in [9.17, 15) is 14.7 Å². The van der Waals surface area contributed by atoms with Gasteiger partial charge >= 0.3 is 0 Å². The lowest BCUT2D eigenvalue weighted by Crippen LogP contribution is -2.12. The average Bonchev–Trinajstić information content (AvgIpc) is 2.38. The molecule has 5 nitrogen and oxygen atoms in total. The molecule has 2 rings (SSSR count). The van der Waals surface area contributed by atoms with Gasteiger partial charge < -0.3 is 10.4 Å². The number of ketones is 1. The molecule has 2 aromatic rings. The zero-order valence-corrected chi connectivity index (χ0v) is 11.3. The molecule has 20 heavy (non-hydrogen) atoms. The summed E-state index contributed by atoms with van der Waals surface area (Å²) in [7, 11) is 0. The standard InChI is InChI=1S/C14H11ClN2O3/c1-8(18)12-3-2-10(5-13(12)15)17-14(20)9-4-11(19)7-16-6-9/h2-7,19H,1H3,(H,17,20). The van der Waals surface area contributed by atoms with Gasteiger partial charge in [0.15, 0.2) is 5.78 Å². The molecule has 0 saturated carbocycles. The Morgan fingerprint density at radius 3 is 2.60 bits per heavy atom. The Bertz CT molecular complexity index is 686. The Kier molecular flexibility index (Phi) is 4.00. The number of carbonyl (C=O) groups excluding carboxylic acids is 2. The zero-order chi connectivity index (χ0) is 14.7. The quantitative estimate of drug-likeness (QED) is 0.852. The van der Waals surface area contributed by atoms with E-state index in [1.165, 1.54) is 31.5 Å². The van der Waals surface area contributed by atoms with Crippen LogP contribution in [0.1, 0.15) is 27.6 Å². The van der Waals surface area contributed by atoms with Gasteiger partial charge in [-0.25, -0.2) is 0 Å². The SMILES string of the molecule is CC(=O)c1ccc(NC(=O)c2cncc(O)c2)cc1Cl. The number of halogens is 1. The van der Waals surface area contributed by atoms with E-state index in [1.807, 2.05) is 0 Å². The van der Waals surface area contributed by atoms with Gasteiger partial charge in [-0.15, -0.1) is 0 Å².